The fourth-order valence-corrected chi connectivity index (χ4v) is 2.96. The minimum atomic E-state index is -0.844. The Labute approximate surface area is 143 Å². The quantitative estimate of drug-likeness (QED) is 0.333. The molecule has 2 saturated heterocycles. The van der Waals surface area contributed by atoms with Crippen LogP contribution in [0.4, 0.5) is 9.59 Å². The Morgan fingerprint density at radius 3 is 1.76 bits per heavy atom. The van der Waals surface area contributed by atoms with E-state index in [2.05, 4.69) is 10.0 Å². The van der Waals surface area contributed by atoms with E-state index in [0.717, 1.165) is 4.90 Å². The van der Waals surface area contributed by atoms with Gasteiger partial charge >= 0.3 is 12.1 Å². The summed E-state index contributed by atoms with van der Waals surface area (Å²) in [5, 5.41) is 2.98. The summed E-state index contributed by atoms with van der Waals surface area (Å²) in [6.07, 6.45) is -1.56. The van der Waals surface area contributed by atoms with Crippen LogP contribution in [0.5, 0.6) is 0 Å². The lowest BCUT2D eigenvalue weighted by Crippen LogP contribution is -2.48. The van der Waals surface area contributed by atoms with Crippen molar-refractivity contribution < 1.29 is 28.6 Å². The number of rotatable bonds is 8. The molecule has 0 spiro atoms. The molecule has 0 saturated carbocycles. The molecular weight excluding hydrogens is 338 g/mol. The van der Waals surface area contributed by atoms with Gasteiger partial charge in [0, 0.05) is 26.2 Å². The summed E-state index contributed by atoms with van der Waals surface area (Å²) < 4.78 is 15.1. The van der Waals surface area contributed by atoms with Crippen molar-refractivity contribution in [2.45, 2.75) is 12.3 Å². The van der Waals surface area contributed by atoms with Crippen LogP contribution < -0.4 is 0 Å². The van der Waals surface area contributed by atoms with Crippen LogP contribution >= 0.6 is 0 Å². The average molecular weight is 357 g/mol. The minimum Gasteiger partial charge on any atom is -0.364 e. The standard InChI is InChI=1S/C12H19N7O6/c1-23-5-17-9-10(19(7-25-3)12(17)22)18(6-24-2)11(21)16(9)4-8(20)14-15-13/h9-10H,4-7H2,1-3H3. The van der Waals surface area contributed by atoms with E-state index in [-0.39, 0.29) is 20.2 Å². The molecule has 2 atom stereocenters. The topological polar surface area (TPSA) is 141 Å². The minimum absolute atomic E-state index is 0.0636. The maximum atomic E-state index is 12.7. The molecule has 0 aromatic rings. The molecule has 2 aliphatic heterocycles. The highest BCUT2D eigenvalue weighted by molar-refractivity contribution is 5.89. The number of hydrogen-bond acceptors (Lipinski definition) is 6. The number of urea groups is 2. The summed E-state index contributed by atoms with van der Waals surface area (Å²) in [5.41, 5.74) is 8.38. The lowest BCUT2D eigenvalue weighted by atomic mass is 10.3. The van der Waals surface area contributed by atoms with Crippen LogP contribution in [0.2, 0.25) is 0 Å². The zero-order valence-electron chi connectivity index (χ0n) is 14.1. The van der Waals surface area contributed by atoms with E-state index in [1.807, 2.05) is 0 Å². The van der Waals surface area contributed by atoms with Gasteiger partial charge in [-0.3, -0.25) is 24.4 Å². The van der Waals surface area contributed by atoms with E-state index >= 15 is 0 Å². The van der Waals surface area contributed by atoms with Gasteiger partial charge in [-0.25, -0.2) is 9.59 Å². The van der Waals surface area contributed by atoms with Crippen LogP contribution in [-0.4, -0.2) is 98.0 Å². The third kappa shape index (κ3) is 3.30. The largest absolute Gasteiger partial charge is 0.364 e. The molecule has 0 aromatic carbocycles. The second kappa shape index (κ2) is 7.98. The number of ether oxygens (including phenoxy) is 3. The van der Waals surface area contributed by atoms with Crippen molar-refractivity contribution in [3.63, 3.8) is 0 Å². The number of azide groups is 1. The first-order valence-electron chi connectivity index (χ1n) is 7.21. The molecule has 2 unspecified atom stereocenters. The molecule has 2 rings (SSSR count). The predicted octanol–water partition coefficient (Wildman–Crippen LogP) is -0.238. The molecule has 2 heterocycles. The van der Waals surface area contributed by atoms with Gasteiger partial charge in [-0.15, -0.1) is 0 Å². The number of carbonyl (C=O) groups excluding carboxylic acids is 3. The van der Waals surface area contributed by atoms with Gasteiger partial charge < -0.3 is 14.2 Å². The van der Waals surface area contributed by atoms with Crippen LogP contribution in [0.15, 0.2) is 5.11 Å². The molecule has 25 heavy (non-hydrogen) atoms. The Hall–Kier alpha value is -2.60. The first-order chi connectivity index (χ1) is 12.0. The van der Waals surface area contributed by atoms with Crippen molar-refractivity contribution >= 4 is 18.0 Å². The van der Waals surface area contributed by atoms with Gasteiger partial charge in [0.1, 0.15) is 20.2 Å². The number of fused-ring (bicyclic) bond motifs is 1. The molecule has 0 bridgehead atoms. The number of amides is 5. The third-order valence-electron chi connectivity index (χ3n) is 3.79. The zero-order valence-corrected chi connectivity index (χ0v) is 14.1. The fraction of sp³-hybridized carbons (Fsp3) is 0.750. The molecule has 2 aliphatic rings. The number of methoxy groups -OCH3 is 3. The normalized spacial score (nSPS) is 22.5. The summed E-state index contributed by atoms with van der Waals surface area (Å²) in [5.74, 6) is -0.844. The van der Waals surface area contributed by atoms with Crippen molar-refractivity contribution in [3.8, 4) is 0 Å². The molecule has 0 aliphatic carbocycles. The van der Waals surface area contributed by atoms with Gasteiger partial charge in [-0.1, -0.05) is 0 Å². The summed E-state index contributed by atoms with van der Waals surface area (Å²) >= 11 is 0. The Morgan fingerprint density at radius 2 is 1.36 bits per heavy atom. The van der Waals surface area contributed by atoms with Gasteiger partial charge in [-0.2, -0.15) is 0 Å². The van der Waals surface area contributed by atoms with Crippen molar-refractivity contribution in [1.29, 1.82) is 0 Å². The van der Waals surface area contributed by atoms with Crippen LogP contribution in [0.25, 0.3) is 10.4 Å². The Balaban J connectivity index is 2.40. The predicted molar refractivity (Wildman–Crippen MR) is 80.4 cm³/mol. The Kier molecular flexibility index (Phi) is 5.98. The van der Waals surface area contributed by atoms with Gasteiger partial charge in [0.15, 0.2) is 12.3 Å². The molecule has 5 amide bonds. The maximum Gasteiger partial charge on any atom is 0.327 e. The molecular formula is C12H19N7O6. The summed E-state index contributed by atoms with van der Waals surface area (Å²) in [4.78, 5) is 44.5. The average Bonchev–Trinajstić information content (AvgIpc) is 2.98. The van der Waals surface area contributed by atoms with Gasteiger partial charge in [0.05, 0.1) is 6.54 Å². The lowest BCUT2D eigenvalue weighted by molar-refractivity contribution is -0.119. The molecule has 0 aromatic heterocycles. The molecule has 0 radical (unpaired) electrons. The van der Waals surface area contributed by atoms with Gasteiger partial charge in [0.25, 0.3) is 0 Å². The summed E-state index contributed by atoms with van der Waals surface area (Å²) in [6.45, 7) is -0.731. The fourth-order valence-electron chi connectivity index (χ4n) is 2.96. The molecule has 13 nitrogen and oxygen atoms in total. The number of carbonyl (C=O) groups is 3. The first-order valence-corrected chi connectivity index (χ1v) is 7.21. The van der Waals surface area contributed by atoms with Crippen LogP contribution in [0, 0.1) is 0 Å². The molecule has 2 fully saturated rings. The number of hydrogen-bond donors (Lipinski definition) is 0. The third-order valence-corrected chi connectivity index (χ3v) is 3.79. The van der Waals surface area contributed by atoms with Crippen molar-refractivity contribution in [1.82, 2.24) is 19.6 Å². The summed E-state index contributed by atoms with van der Waals surface area (Å²) in [6, 6.07) is -0.957. The maximum absolute atomic E-state index is 12.7. The highest BCUT2D eigenvalue weighted by atomic mass is 16.5. The van der Waals surface area contributed by atoms with E-state index in [4.69, 9.17) is 19.7 Å². The molecule has 138 valence electrons. The SMILES string of the molecule is COCN1C(=O)N(COC)C2C1N(COC)C(=O)N2CC(=O)N=[N+]=[N-]. The van der Waals surface area contributed by atoms with Crippen molar-refractivity contribution in [2.24, 2.45) is 5.11 Å². The van der Waals surface area contributed by atoms with Crippen molar-refractivity contribution in [3.05, 3.63) is 10.4 Å². The van der Waals surface area contributed by atoms with E-state index in [1.54, 1.807) is 0 Å². The van der Waals surface area contributed by atoms with E-state index in [1.165, 1.54) is 36.0 Å². The smallest absolute Gasteiger partial charge is 0.327 e. The molecule has 13 heteroatoms. The van der Waals surface area contributed by atoms with Crippen LogP contribution in [-0.2, 0) is 19.0 Å². The Bertz CT molecular complexity index is 591. The second-order valence-corrected chi connectivity index (χ2v) is 5.27. The van der Waals surface area contributed by atoms with Crippen LogP contribution in [0.1, 0.15) is 0 Å². The number of nitrogens with zero attached hydrogens (tertiary/aromatic N) is 7. The first kappa shape index (κ1) is 18.7. The highest BCUT2D eigenvalue weighted by Crippen LogP contribution is 2.34. The van der Waals surface area contributed by atoms with Gasteiger partial charge in [-0.05, 0) is 10.6 Å². The van der Waals surface area contributed by atoms with Crippen molar-refractivity contribution in [2.75, 3.05) is 48.1 Å². The van der Waals surface area contributed by atoms with Gasteiger partial charge in [0.2, 0.25) is 5.91 Å². The van der Waals surface area contributed by atoms with E-state index in [0.29, 0.717) is 0 Å². The van der Waals surface area contributed by atoms with E-state index in [9.17, 15) is 14.4 Å². The summed E-state index contributed by atoms with van der Waals surface area (Å²) in [7, 11) is 4.22. The van der Waals surface area contributed by atoms with Crippen LogP contribution in [0.3, 0.4) is 0 Å². The molecule has 0 N–H and O–H groups in total. The monoisotopic (exact) mass is 357 g/mol. The Morgan fingerprint density at radius 1 is 0.960 bits per heavy atom. The lowest BCUT2D eigenvalue weighted by Gasteiger charge is -2.28. The zero-order chi connectivity index (χ0) is 18.6. The van der Waals surface area contributed by atoms with E-state index < -0.39 is 36.8 Å². The second-order valence-electron chi connectivity index (χ2n) is 5.27. The highest BCUT2D eigenvalue weighted by Gasteiger charge is 2.59.